The zero-order chi connectivity index (χ0) is 11.1. The van der Waals surface area contributed by atoms with Crippen LogP contribution in [0.2, 0.25) is 0 Å². The minimum Gasteiger partial charge on any atom is -0.544 e. The van der Waals surface area contributed by atoms with Gasteiger partial charge >= 0.3 is 0 Å². The molecule has 0 saturated carbocycles. The fourth-order valence-electron chi connectivity index (χ4n) is 0.387. The van der Waals surface area contributed by atoms with E-state index in [4.69, 9.17) is 0 Å². The maximum Gasteiger partial charge on any atom is 0.240 e. The van der Waals surface area contributed by atoms with Gasteiger partial charge in [0.25, 0.3) is 0 Å². The number of aliphatic carboxylic acids is 1. The third-order valence-electron chi connectivity index (χ3n) is 0.805. The molecule has 0 aromatic carbocycles. The highest BCUT2D eigenvalue weighted by molar-refractivity contribution is 5.84. The molecule has 2 N–H and O–H groups in total. The number of nitrogens with two attached hydrogens (primary N) is 1. The van der Waals surface area contributed by atoms with Crippen molar-refractivity contribution in [1.82, 2.24) is 0 Å². The lowest BCUT2D eigenvalue weighted by Crippen LogP contribution is -2.45. The smallest absolute Gasteiger partial charge is 0.240 e. The van der Waals surface area contributed by atoms with Gasteiger partial charge in [0.2, 0.25) is 5.91 Å². The van der Waals surface area contributed by atoms with E-state index in [0.29, 0.717) is 4.48 Å². The Bertz CT molecular complexity index is 194. The molecular formula is C8H16N2O3. The summed E-state index contributed by atoms with van der Waals surface area (Å²) in [6, 6.07) is 0. The Kier molecular flexibility index (Phi) is 6.75. The number of carboxylic acid groups (broad SMARTS) is 1. The highest BCUT2D eigenvalue weighted by Crippen LogP contribution is 1.84. The maximum atomic E-state index is 9.89. The molecule has 0 fully saturated rings. The molecule has 0 unspecified atom stereocenters. The fourth-order valence-corrected chi connectivity index (χ4v) is 0.387. The zero-order valence-electron chi connectivity index (χ0n) is 8.24. The van der Waals surface area contributed by atoms with Gasteiger partial charge in [0.05, 0.1) is 27.1 Å². The minimum absolute atomic E-state index is 0.0694. The van der Waals surface area contributed by atoms with Gasteiger partial charge in [-0.15, -0.1) is 0 Å². The fraction of sp³-hybridized carbons (Fsp3) is 0.500. The Labute approximate surface area is 78.0 Å². The van der Waals surface area contributed by atoms with Crippen molar-refractivity contribution in [1.29, 1.82) is 0 Å². The van der Waals surface area contributed by atoms with Gasteiger partial charge in [-0.1, -0.05) is 6.58 Å². The molecular weight excluding hydrogens is 172 g/mol. The first-order valence-electron chi connectivity index (χ1n) is 3.61. The van der Waals surface area contributed by atoms with E-state index in [-0.39, 0.29) is 6.54 Å². The van der Waals surface area contributed by atoms with E-state index in [1.54, 1.807) is 21.1 Å². The summed E-state index contributed by atoms with van der Waals surface area (Å²) in [4.78, 5) is 19.4. The van der Waals surface area contributed by atoms with Gasteiger partial charge in [-0.2, -0.15) is 0 Å². The van der Waals surface area contributed by atoms with E-state index in [1.165, 1.54) is 0 Å². The van der Waals surface area contributed by atoms with Gasteiger partial charge in [0, 0.05) is 0 Å². The molecule has 0 aliphatic carbocycles. The summed E-state index contributed by atoms with van der Waals surface area (Å²) >= 11 is 0. The summed E-state index contributed by atoms with van der Waals surface area (Å²) in [5, 5.41) is 9.89. The average Bonchev–Trinajstić information content (AvgIpc) is 1.83. The van der Waals surface area contributed by atoms with Gasteiger partial charge in [-0.05, 0) is 6.08 Å². The number of carboxylic acids is 1. The topological polar surface area (TPSA) is 83.2 Å². The molecule has 0 aromatic rings. The third-order valence-corrected chi connectivity index (χ3v) is 0.805. The maximum absolute atomic E-state index is 9.89. The van der Waals surface area contributed by atoms with Gasteiger partial charge in [0.1, 0.15) is 6.54 Å². The largest absolute Gasteiger partial charge is 0.544 e. The van der Waals surface area contributed by atoms with Gasteiger partial charge in [0.15, 0.2) is 0 Å². The summed E-state index contributed by atoms with van der Waals surface area (Å²) in [6.45, 7) is 3.16. The van der Waals surface area contributed by atoms with Crippen molar-refractivity contribution < 1.29 is 19.2 Å². The van der Waals surface area contributed by atoms with Crippen LogP contribution in [0.15, 0.2) is 12.7 Å². The Morgan fingerprint density at radius 3 is 1.77 bits per heavy atom. The molecule has 0 heterocycles. The van der Waals surface area contributed by atoms with Crippen LogP contribution in [-0.4, -0.2) is 44.0 Å². The number of nitrogens with zero attached hydrogens (tertiary/aromatic N) is 1. The van der Waals surface area contributed by atoms with E-state index < -0.39 is 11.9 Å². The number of primary amides is 1. The average molecular weight is 188 g/mol. The van der Waals surface area contributed by atoms with Crippen LogP contribution < -0.4 is 10.8 Å². The molecule has 0 aliphatic heterocycles. The molecule has 0 aliphatic rings. The minimum atomic E-state index is -1.00. The number of quaternary nitrogens is 1. The van der Waals surface area contributed by atoms with Crippen molar-refractivity contribution in [2.24, 2.45) is 5.73 Å². The van der Waals surface area contributed by atoms with Crippen LogP contribution in [0.5, 0.6) is 0 Å². The molecule has 0 rings (SSSR count). The predicted octanol–water partition coefficient (Wildman–Crippen LogP) is -1.90. The van der Waals surface area contributed by atoms with Crippen molar-refractivity contribution >= 4 is 11.9 Å². The first-order chi connectivity index (χ1) is 5.69. The Balaban J connectivity index is 0. The molecule has 0 bridgehead atoms. The molecule has 5 nitrogen and oxygen atoms in total. The molecule has 0 radical (unpaired) electrons. The molecule has 5 heteroatoms. The second-order valence-corrected chi connectivity index (χ2v) is 3.43. The van der Waals surface area contributed by atoms with Gasteiger partial charge < -0.3 is 20.1 Å². The molecule has 0 spiro atoms. The standard InChI is InChI=1S/C5H11NO2.C3H5NO/c1-6(2,3)4-5(7)8;1-2-3(4)5/h4H2,1-3H3;2H,1H2,(H2,4,5). The Morgan fingerprint density at radius 1 is 1.46 bits per heavy atom. The van der Waals surface area contributed by atoms with Gasteiger partial charge in [-0.25, -0.2) is 0 Å². The highest BCUT2D eigenvalue weighted by Gasteiger charge is 2.04. The number of hydrogen-bond acceptors (Lipinski definition) is 3. The first-order valence-corrected chi connectivity index (χ1v) is 3.61. The molecule has 13 heavy (non-hydrogen) atoms. The SMILES string of the molecule is C=CC(N)=O.C[N+](C)(C)CC(=O)[O-]. The zero-order valence-corrected chi connectivity index (χ0v) is 8.24. The van der Waals surface area contributed by atoms with Crippen LogP contribution in [-0.2, 0) is 9.59 Å². The van der Waals surface area contributed by atoms with E-state index in [0.717, 1.165) is 6.08 Å². The van der Waals surface area contributed by atoms with Crippen molar-refractivity contribution in [3.05, 3.63) is 12.7 Å². The number of carbonyl (C=O) groups is 2. The predicted molar refractivity (Wildman–Crippen MR) is 47.3 cm³/mol. The number of rotatable bonds is 3. The summed E-state index contributed by atoms with van der Waals surface area (Å²) < 4.78 is 0.419. The van der Waals surface area contributed by atoms with Gasteiger partial charge in [-0.3, -0.25) is 4.79 Å². The van der Waals surface area contributed by atoms with Crippen molar-refractivity contribution in [3.8, 4) is 0 Å². The second-order valence-electron chi connectivity index (χ2n) is 3.43. The summed E-state index contributed by atoms with van der Waals surface area (Å²) in [6.07, 6.45) is 1.06. The monoisotopic (exact) mass is 188 g/mol. The molecule has 76 valence electrons. The molecule has 1 amide bonds. The molecule has 0 aromatic heterocycles. The van der Waals surface area contributed by atoms with E-state index >= 15 is 0 Å². The van der Waals surface area contributed by atoms with Crippen LogP contribution >= 0.6 is 0 Å². The summed E-state index contributed by atoms with van der Waals surface area (Å²) in [5.74, 6) is -1.48. The van der Waals surface area contributed by atoms with Crippen LogP contribution in [0.4, 0.5) is 0 Å². The normalized spacial score (nSPS) is 9.46. The van der Waals surface area contributed by atoms with Crippen LogP contribution in [0, 0.1) is 0 Å². The summed E-state index contributed by atoms with van der Waals surface area (Å²) in [5.41, 5.74) is 4.53. The second kappa shape index (κ2) is 6.19. The highest BCUT2D eigenvalue weighted by atomic mass is 16.4. The van der Waals surface area contributed by atoms with Crippen molar-refractivity contribution in [3.63, 3.8) is 0 Å². The summed E-state index contributed by atoms with van der Waals surface area (Å²) in [7, 11) is 5.40. The van der Waals surface area contributed by atoms with E-state index in [1.807, 2.05) is 0 Å². The van der Waals surface area contributed by atoms with E-state index in [9.17, 15) is 14.7 Å². The van der Waals surface area contributed by atoms with Crippen molar-refractivity contribution in [2.45, 2.75) is 0 Å². The van der Waals surface area contributed by atoms with Crippen molar-refractivity contribution in [2.75, 3.05) is 27.7 Å². The first kappa shape index (κ1) is 14.2. The lowest BCUT2D eigenvalue weighted by molar-refractivity contribution is -0.864. The lowest BCUT2D eigenvalue weighted by Gasteiger charge is -2.23. The van der Waals surface area contributed by atoms with E-state index in [2.05, 4.69) is 12.3 Å². The van der Waals surface area contributed by atoms with Crippen LogP contribution in [0.25, 0.3) is 0 Å². The third kappa shape index (κ3) is 25.0. The number of amides is 1. The van der Waals surface area contributed by atoms with Crippen LogP contribution in [0.3, 0.4) is 0 Å². The number of carbonyl (C=O) groups excluding carboxylic acids is 2. The van der Waals surface area contributed by atoms with Crippen LogP contribution in [0.1, 0.15) is 0 Å². The molecule has 0 saturated heterocycles. The number of hydrogen-bond donors (Lipinski definition) is 1. The molecule has 0 atom stereocenters. The number of likely N-dealkylation sites (N-methyl/N-ethyl adjacent to an activating group) is 1. The Hall–Kier alpha value is -1.36. The lowest BCUT2D eigenvalue weighted by atomic mass is 10.5. The quantitative estimate of drug-likeness (QED) is 0.415. The Morgan fingerprint density at radius 2 is 1.77 bits per heavy atom.